The number of nitrogens with one attached hydrogen (secondary N) is 1. The van der Waals surface area contributed by atoms with E-state index in [0.29, 0.717) is 5.01 Å². The highest BCUT2D eigenvalue weighted by molar-refractivity contribution is 9.10. The van der Waals surface area contributed by atoms with Gasteiger partial charge in [0.05, 0.1) is 32.5 Å². The second-order valence-electron chi connectivity index (χ2n) is 7.61. The van der Waals surface area contributed by atoms with Crippen LogP contribution in [0.3, 0.4) is 0 Å². The van der Waals surface area contributed by atoms with Gasteiger partial charge in [0.15, 0.2) is 0 Å². The standard InChI is InChI=1S/C23H16BrCl3F6N2O2/c1-35(19(36)11-22(28,29)30)34-21(37)14-7-5-12(9-16(14)24)6-8-15(23(31,32)33)13-3-2-4-17(25)20(27)18(26)10-13/h5-10,13,15H,4,11H2,1H3,(H,34,37)/b8-6+,18-10?,20-17-. The molecular weight excluding hydrogens is 637 g/mol. The van der Waals surface area contributed by atoms with Crippen molar-refractivity contribution in [3.05, 3.63) is 61.0 Å². The summed E-state index contributed by atoms with van der Waals surface area (Å²) < 4.78 is 78.8. The van der Waals surface area contributed by atoms with Gasteiger partial charge in [0, 0.05) is 17.9 Å². The number of hydrogen-bond donors (Lipinski definition) is 1. The Morgan fingerprint density at radius 2 is 1.86 bits per heavy atom. The van der Waals surface area contributed by atoms with Crippen molar-refractivity contribution in [3.8, 4) is 11.8 Å². The Bertz CT molecular complexity index is 1220. The zero-order valence-corrected chi connectivity index (χ0v) is 22.4. The minimum Gasteiger partial charge on any atom is -0.273 e. The fraction of sp³-hybridized carbons (Fsp3) is 0.304. The van der Waals surface area contributed by atoms with Gasteiger partial charge in [-0.2, -0.15) is 26.3 Å². The maximum atomic E-state index is 13.9. The first-order chi connectivity index (χ1) is 17.0. The Labute approximate surface area is 231 Å². The highest BCUT2D eigenvalue weighted by atomic mass is 79.9. The van der Waals surface area contributed by atoms with E-state index in [2.05, 4.69) is 27.8 Å². The number of hydrogen-bond acceptors (Lipinski definition) is 2. The number of carbonyl (C=O) groups excluding carboxylic acids is 2. The van der Waals surface area contributed by atoms with Crippen LogP contribution in [-0.4, -0.2) is 36.2 Å². The molecule has 2 atom stereocenters. The van der Waals surface area contributed by atoms with Crippen molar-refractivity contribution < 1.29 is 35.9 Å². The summed E-state index contributed by atoms with van der Waals surface area (Å²) in [7, 11) is 0.949. The highest BCUT2D eigenvalue weighted by Gasteiger charge is 2.42. The summed E-state index contributed by atoms with van der Waals surface area (Å²) in [6, 6.07) is 3.86. The first kappa shape index (κ1) is 31.1. The smallest absolute Gasteiger partial charge is 0.273 e. The lowest BCUT2D eigenvalue weighted by Gasteiger charge is -2.22. The molecule has 2 unspecified atom stereocenters. The van der Waals surface area contributed by atoms with Crippen LogP contribution in [0, 0.1) is 23.7 Å². The van der Waals surface area contributed by atoms with Gasteiger partial charge < -0.3 is 0 Å². The van der Waals surface area contributed by atoms with Crippen LogP contribution in [-0.2, 0) is 4.79 Å². The van der Waals surface area contributed by atoms with Crippen LogP contribution < -0.4 is 5.43 Å². The van der Waals surface area contributed by atoms with Gasteiger partial charge in [-0.1, -0.05) is 64.9 Å². The fourth-order valence-corrected chi connectivity index (χ4v) is 4.12. The van der Waals surface area contributed by atoms with Gasteiger partial charge in [-0.05, 0) is 39.7 Å². The lowest BCUT2D eigenvalue weighted by Crippen LogP contribution is -2.44. The van der Waals surface area contributed by atoms with Gasteiger partial charge >= 0.3 is 12.4 Å². The number of carbonyl (C=O) groups is 2. The molecule has 1 aromatic carbocycles. The Morgan fingerprint density at radius 3 is 2.43 bits per heavy atom. The second kappa shape index (κ2) is 12.6. The summed E-state index contributed by atoms with van der Waals surface area (Å²) >= 11 is 21.0. The molecule has 1 aromatic rings. The van der Waals surface area contributed by atoms with Crippen molar-refractivity contribution in [2.24, 2.45) is 11.8 Å². The lowest BCUT2D eigenvalue weighted by atomic mass is 9.89. The fourth-order valence-electron chi connectivity index (χ4n) is 2.95. The minimum atomic E-state index is -4.75. The molecule has 0 aromatic heterocycles. The number of rotatable bonds is 5. The minimum absolute atomic E-state index is 0.0668. The van der Waals surface area contributed by atoms with Gasteiger partial charge in [0.1, 0.15) is 6.42 Å². The Morgan fingerprint density at radius 1 is 1.22 bits per heavy atom. The molecule has 0 radical (unpaired) electrons. The van der Waals surface area contributed by atoms with E-state index in [9.17, 15) is 35.9 Å². The molecule has 0 bridgehead atoms. The number of benzene rings is 1. The first-order valence-corrected chi connectivity index (χ1v) is 12.0. The van der Waals surface area contributed by atoms with Crippen LogP contribution in [0.5, 0.6) is 0 Å². The molecule has 4 nitrogen and oxygen atoms in total. The molecule has 0 spiro atoms. The molecule has 1 aliphatic rings. The van der Waals surface area contributed by atoms with E-state index >= 15 is 0 Å². The van der Waals surface area contributed by atoms with Gasteiger partial charge in [-0.15, -0.1) is 0 Å². The maximum absolute atomic E-state index is 13.9. The molecule has 200 valence electrons. The third kappa shape index (κ3) is 9.28. The van der Waals surface area contributed by atoms with Crippen molar-refractivity contribution in [1.82, 2.24) is 10.4 Å². The van der Waals surface area contributed by atoms with Gasteiger partial charge in [-0.25, -0.2) is 0 Å². The zero-order chi connectivity index (χ0) is 28.1. The van der Waals surface area contributed by atoms with Gasteiger partial charge in [-0.3, -0.25) is 20.0 Å². The molecule has 1 N–H and O–H groups in total. The van der Waals surface area contributed by atoms with Gasteiger partial charge in [0.2, 0.25) is 5.91 Å². The third-order valence-electron chi connectivity index (χ3n) is 4.78. The molecular formula is C23H16BrCl3F6N2O2. The van der Waals surface area contributed by atoms with E-state index in [0.717, 1.165) is 25.3 Å². The average molecular weight is 653 g/mol. The Balaban J connectivity index is 2.25. The molecule has 14 heteroatoms. The van der Waals surface area contributed by atoms with Crippen LogP contribution in [0.1, 0.15) is 28.8 Å². The first-order valence-electron chi connectivity index (χ1n) is 10.1. The van der Waals surface area contributed by atoms with Crippen molar-refractivity contribution in [3.63, 3.8) is 0 Å². The number of allylic oxidation sites excluding steroid dienone is 5. The number of alkyl halides is 6. The second-order valence-corrected chi connectivity index (χ2v) is 9.70. The third-order valence-corrected chi connectivity index (χ3v) is 6.70. The van der Waals surface area contributed by atoms with E-state index in [-0.39, 0.29) is 37.1 Å². The summed E-state index contributed by atoms with van der Waals surface area (Å²) in [5.74, 6) is -0.680. The molecule has 0 saturated heterocycles. The van der Waals surface area contributed by atoms with Crippen LogP contribution in [0.4, 0.5) is 26.3 Å². The highest BCUT2D eigenvalue weighted by Crippen LogP contribution is 2.38. The van der Waals surface area contributed by atoms with Gasteiger partial charge in [0.25, 0.3) is 5.91 Å². The summed E-state index contributed by atoms with van der Waals surface area (Å²) in [5.41, 5.74) is 2.19. The van der Waals surface area contributed by atoms with Crippen LogP contribution in [0.2, 0.25) is 0 Å². The van der Waals surface area contributed by atoms with E-state index in [1.165, 1.54) is 18.2 Å². The predicted molar refractivity (Wildman–Crippen MR) is 132 cm³/mol. The van der Waals surface area contributed by atoms with Crippen LogP contribution >= 0.6 is 50.7 Å². The SMILES string of the molecule is CN(NC(=O)c1ccc(/C=C/C(C2C#CC/C(Cl)=C(/Cl)C(Cl)=C2)C(F)(F)F)cc1Br)C(=O)CC(F)(F)F. The van der Waals surface area contributed by atoms with Crippen LogP contribution in [0.25, 0.3) is 6.08 Å². The van der Waals surface area contributed by atoms with Crippen molar-refractivity contribution >= 4 is 68.6 Å². The molecule has 0 saturated carbocycles. The van der Waals surface area contributed by atoms with Crippen molar-refractivity contribution in [2.45, 2.75) is 25.2 Å². The van der Waals surface area contributed by atoms with Crippen molar-refractivity contribution in [1.29, 1.82) is 0 Å². The maximum Gasteiger partial charge on any atom is 0.397 e. The van der Waals surface area contributed by atoms with E-state index in [1.807, 2.05) is 5.43 Å². The average Bonchev–Trinajstić information content (AvgIpc) is 2.75. The quantitative estimate of drug-likeness (QED) is 0.203. The lowest BCUT2D eigenvalue weighted by molar-refractivity contribution is -0.166. The van der Waals surface area contributed by atoms with E-state index in [4.69, 9.17) is 34.8 Å². The molecule has 0 aliphatic heterocycles. The normalized spacial score (nSPS) is 19.3. The number of amides is 2. The van der Waals surface area contributed by atoms with Crippen molar-refractivity contribution in [2.75, 3.05) is 7.05 Å². The predicted octanol–water partition coefficient (Wildman–Crippen LogP) is 7.53. The number of halogens is 10. The Hall–Kier alpha value is -2.13. The van der Waals surface area contributed by atoms with E-state index < -0.39 is 42.4 Å². The number of nitrogens with zero attached hydrogens (tertiary/aromatic N) is 1. The summed E-state index contributed by atoms with van der Waals surface area (Å²) in [4.78, 5) is 23.9. The largest absolute Gasteiger partial charge is 0.397 e. The molecule has 0 fully saturated rings. The molecule has 37 heavy (non-hydrogen) atoms. The van der Waals surface area contributed by atoms with Crippen LogP contribution in [0.15, 0.2) is 49.9 Å². The summed E-state index contributed by atoms with van der Waals surface area (Å²) in [6.45, 7) is 0. The number of hydrazine groups is 1. The molecule has 2 amide bonds. The molecule has 2 rings (SSSR count). The summed E-state index contributed by atoms with van der Waals surface area (Å²) in [5, 5.41) is 0.256. The molecule has 1 aliphatic carbocycles. The topological polar surface area (TPSA) is 49.4 Å². The monoisotopic (exact) mass is 650 g/mol. The molecule has 0 heterocycles. The zero-order valence-electron chi connectivity index (χ0n) is 18.6. The summed E-state index contributed by atoms with van der Waals surface area (Å²) in [6.07, 6.45) is -8.17. The Kier molecular flexibility index (Phi) is 10.6. The van der Waals surface area contributed by atoms with E-state index in [1.54, 1.807) is 0 Å².